The smallest absolute Gasteiger partial charge is 0.404 e. The molecule has 0 radical (unpaired) electrons. The van der Waals surface area contributed by atoms with E-state index in [4.69, 9.17) is 5.11 Å². The van der Waals surface area contributed by atoms with Gasteiger partial charge in [-0.3, -0.25) is 4.79 Å². The number of carbonyl (C=O) groups is 2. The summed E-state index contributed by atoms with van der Waals surface area (Å²) in [6.45, 7) is 0. The van der Waals surface area contributed by atoms with Gasteiger partial charge < -0.3 is 10.4 Å². The van der Waals surface area contributed by atoms with Crippen LogP contribution < -0.4 is 5.32 Å². The predicted molar refractivity (Wildman–Crippen MR) is 38.4 cm³/mol. The third kappa shape index (κ3) is 2.57. The van der Waals surface area contributed by atoms with Gasteiger partial charge in [-0.1, -0.05) is 0 Å². The fourth-order valence-electron chi connectivity index (χ4n) is 1.26. The van der Waals surface area contributed by atoms with E-state index in [9.17, 15) is 9.59 Å². The molecule has 2 N–H and O–H groups in total. The Kier molecular flexibility index (Phi) is 2.46. The second-order valence-electron chi connectivity index (χ2n) is 2.76. The number of hydrogen-bond acceptors (Lipinski definition) is 2. The SMILES string of the molecule is O=C1CCC(NC(=O)O)CC1. The van der Waals surface area contributed by atoms with Gasteiger partial charge in [0, 0.05) is 18.9 Å². The lowest BCUT2D eigenvalue weighted by Gasteiger charge is -2.20. The summed E-state index contributed by atoms with van der Waals surface area (Å²) in [4.78, 5) is 20.9. The molecule has 1 saturated carbocycles. The maximum atomic E-state index is 10.7. The zero-order valence-electron chi connectivity index (χ0n) is 6.17. The summed E-state index contributed by atoms with van der Waals surface area (Å²) >= 11 is 0. The van der Waals surface area contributed by atoms with Crippen LogP contribution >= 0.6 is 0 Å². The van der Waals surface area contributed by atoms with Gasteiger partial charge in [-0.25, -0.2) is 4.79 Å². The Labute approximate surface area is 64.6 Å². The number of rotatable bonds is 1. The Balaban J connectivity index is 2.28. The molecule has 0 spiro atoms. The Morgan fingerprint density at radius 3 is 2.45 bits per heavy atom. The third-order valence-electron chi connectivity index (χ3n) is 1.87. The first-order valence-electron chi connectivity index (χ1n) is 3.69. The number of nitrogens with one attached hydrogen (secondary N) is 1. The van der Waals surface area contributed by atoms with E-state index in [1.54, 1.807) is 0 Å². The van der Waals surface area contributed by atoms with Crippen molar-refractivity contribution in [2.75, 3.05) is 0 Å². The first-order valence-corrected chi connectivity index (χ1v) is 3.69. The van der Waals surface area contributed by atoms with E-state index in [2.05, 4.69) is 5.32 Å². The lowest BCUT2D eigenvalue weighted by atomic mass is 9.95. The fourth-order valence-corrected chi connectivity index (χ4v) is 1.26. The van der Waals surface area contributed by atoms with Crippen LogP contribution in [0, 0.1) is 0 Å². The average Bonchev–Trinajstić information content (AvgIpc) is 1.93. The van der Waals surface area contributed by atoms with Crippen LogP contribution in [0.1, 0.15) is 25.7 Å². The van der Waals surface area contributed by atoms with Crippen molar-refractivity contribution in [1.82, 2.24) is 5.32 Å². The minimum Gasteiger partial charge on any atom is -0.465 e. The summed E-state index contributed by atoms with van der Waals surface area (Å²) in [5, 5.41) is 10.7. The van der Waals surface area contributed by atoms with Crippen molar-refractivity contribution in [2.45, 2.75) is 31.7 Å². The molecule has 0 aromatic carbocycles. The summed E-state index contributed by atoms with van der Waals surface area (Å²) in [5.74, 6) is 0.244. The van der Waals surface area contributed by atoms with E-state index < -0.39 is 6.09 Å². The van der Waals surface area contributed by atoms with Crippen molar-refractivity contribution >= 4 is 11.9 Å². The summed E-state index contributed by atoms with van der Waals surface area (Å²) < 4.78 is 0. The molecular weight excluding hydrogens is 146 g/mol. The van der Waals surface area contributed by atoms with Crippen LogP contribution in [0.5, 0.6) is 0 Å². The molecule has 0 bridgehead atoms. The van der Waals surface area contributed by atoms with Gasteiger partial charge in [-0.2, -0.15) is 0 Å². The lowest BCUT2D eigenvalue weighted by Crippen LogP contribution is -2.36. The second-order valence-corrected chi connectivity index (χ2v) is 2.76. The van der Waals surface area contributed by atoms with Crippen molar-refractivity contribution in [3.63, 3.8) is 0 Å². The molecule has 1 rings (SSSR count). The Hall–Kier alpha value is -1.06. The Morgan fingerprint density at radius 1 is 1.45 bits per heavy atom. The summed E-state index contributed by atoms with van der Waals surface area (Å²) in [6.07, 6.45) is 1.36. The fraction of sp³-hybridized carbons (Fsp3) is 0.714. The van der Waals surface area contributed by atoms with Crippen molar-refractivity contribution in [2.24, 2.45) is 0 Å². The molecule has 11 heavy (non-hydrogen) atoms. The molecule has 0 unspecified atom stereocenters. The van der Waals surface area contributed by atoms with Crippen LogP contribution in [0.25, 0.3) is 0 Å². The molecule has 1 amide bonds. The van der Waals surface area contributed by atoms with Gasteiger partial charge in [0.2, 0.25) is 0 Å². The van der Waals surface area contributed by atoms with Gasteiger partial charge in [0.05, 0.1) is 0 Å². The van der Waals surface area contributed by atoms with E-state index >= 15 is 0 Å². The normalized spacial score (nSPS) is 19.8. The predicted octanol–water partition coefficient (Wildman–Crippen LogP) is 0.766. The van der Waals surface area contributed by atoms with Crippen LogP contribution in [0.15, 0.2) is 0 Å². The lowest BCUT2D eigenvalue weighted by molar-refractivity contribution is -0.120. The molecule has 0 aliphatic heterocycles. The third-order valence-corrected chi connectivity index (χ3v) is 1.87. The molecule has 0 saturated heterocycles. The van der Waals surface area contributed by atoms with Crippen molar-refractivity contribution in [3.05, 3.63) is 0 Å². The highest BCUT2D eigenvalue weighted by Gasteiger charge is 2.19. The monoisotopic (exact) mass is 157 g/mol. The number of hydrogen-bond donors (Lipinski definition) is 2. The first kappa shape index (κ1) is 8.04. The Bertz CT molecular complexity index is 169. The van der Waals surface area contributed by atoms with E-state index in [-0.39, 0.29) is 11.8 Å². The summed E-state index contributed by atoms with van der Waals surface area (Å²) in [7, 11) is 0. The topological polar surface area (TPSA) is 66.4 Å². The van der Waals surface area contributed by atoms with E-state index in [1.165, 1.54) is 0 Å². The van der Waals surface area contributed by atoms with Gasteiger partial charge in [0.25, 0.3) is 0 Å². The van der Waals surface area contributed by atoms with Crippen molar-refractivity contribution in [3.8, 4) is 0 Å². The van der Waals surface area contributed by atoms with E-state index in [0.717, 1.165) is 0 Å². The number of carbonyl (C=O) groups excluding carboxylic acids is 1. The number of carboxylic acid groups (broad SMARTS) is 1. The standard InChI is InChI=1S/C7H11NO3/c9-6-3-1-5(2-4-6)8-7(10)11/h5,8H,1-4H2,(H,10,11). The molecule has 0 aromatic heterocycles. The summed E-state index contributed by atoms with van der Waals surface area (Å²) in [6, 6.07) is -0.00907. The van der Waals surface area contributed by atoms with E-state index in [1.807, 2.05) is 0 Å². The minimum absolute atomic E-state index is 0.00907. The van der Waals surface area contributed by atoms with Gasteiger partial charge in [0.15, 0.2) is 0 Å². The zero-order chi connectivity index (χ0) is 8.27. The number of ketones is 1. The van der Waals surface area contributed by atoms with Crippen LogP contribution in [0.3, 0.4) is 0 Å². The molecule has 4 heteroatoms. The van der Waals surface area contributed by atoms with Crippen LogP contribution in [0.2, 0.25) is 0 Å². The molecule has 1 aliphatic rings. The quantitative estimate of drug-likeness (QED) is 0.590. The van der Waals surface area contributed by atoms with E-state index in [0.29, 0.717) is 25.7 Å². The highest BCUT2D eigenvalue weighted by molar-refractivity contribution is 5.79. The molecule has 1 aliphatic carbocycles. The molecule has 62 valence electrons. The zero-order valence-corrected chi connectivity index (χ0v) is 6.17. The molecule has 0 aromatic rings. The van der Waals surface area contributed by atoms with Crippen molar-refractivity contribution < 1.29 is 14.7 Å². The number of Topliss-reactive ketones (excluding diaryl/α,β-unsaturated/α-hetero) is 1. The molecule has 0 atom stereocenters. The molecular formula is C7H11NO3. The Morgan fingerprint density at radius 2 is 2.00 bits per heavy atom. The maximum absolute atomic E-state index is 10.7. The van der Waals surface area contributed by atoms with Gasteiger partial charge in [-0.15, -0.1) is 0 Å². The van der Waals surface area contributed by atoms with Crippen molar-refractivity contribution in [1.29, 1.82) is 0 Å². The number of amides is 1. The maximum Gasteiger partial charge on any atom is 0.404 e. The first-order chi connectivity index (χ1) is 5.18. The molecule has 0 heterocycles. The van der Waals surface area contributed by atoms with Gasteiger partial charge >= 0.3 is 6.09 Å². The highest BCUT2D eigenvalue weighted by Crippen LogP contribution is 2.14. The summed E-state index contributed by atoms with van der Waals surface area (Å²) in [5.41, 5.74) is 0. The molecule has 1 fully saturated rings. The molecule has 4 nitrogen and oxygen atoms in total. The highest BCUT2D eigenvalue weighted by atomic mass is 16.4. The van der Waals surface area contributed by atoms with Gasteiger partial charge in [0.1, 0.15) is 5.78 Å². The van der Waals surface area contributed by atoms with Crippen LogP contribution in [-0.4, -0.2) is 23.0 Å². The largest absolute Gasteiger partial charge is 0.465 e. The minimum atomic E-state index is -0.996. The van der Waals surface area contributed by atoms with Crippen LogP contribution in [0.4, 0.5) is 4.79 Å². The van der Waals surface area contributed by atoms with Gasteiger partial charge in [-0.05, 0) is 12.8 Å². The van der Waals surface area contributed by atoms with Crippen LogP contribution in [-0.2, 0) is 4.79 Å². The second kappa shape index (κ2) is 3.37. The average molecular weight is 157 g/mol.